The number of rotatable bonds is 8. The first-order chi connectivity index (χ1) is 15.2. The Labute approximate surface area is 191 Å². The van der Waals surface area contributed by atoms with Crippen molar-refractivity contribution in [3.63, 3.8) is 0 Å². The average Bonchev–Trinajstić information content (AvgIpc) is 3.10. The van der Waals surface area contributed by atoms with Crippen molar-refractivity contribution in [1.82, 2.24) is 0 Å². The Morgan fingerprint density at radius 2 is 2.19 bits per heavy atom. The van der Waals surface area contributed by atoms with E-state index in [-0.39, 0.29) is 5.92 Å². The van der Waals surface area contributed by atoms with Gasteiger partial charge in [0.05, 0.1) is 0 Å². The van der Waals surface area contributed by atoms with Crippen molar-refractivity contribution in [2.75, 3.05) is 0 Å². The van der Waals surface area contributed by atoms with E-state index in [1.54, 1.807) is 5.57 Å². The molecule has 1 aliphatic heterocycles. The number of ether oxygens (including phenoxy) is 1. The molecule has 0 aromatic rings. The molecule has 7 atom stereocenters. The van der Waals surface area contributed by atoms with Crippen molar-refractivity contribution >= 4 is 5.97 Å². The fraction of sp³-hybridized carbons (Fsp3) is 0.667. The van der Waals surface area contributed by atoms with Crippen LogP contribution in [0.4, 0.5) is 0 Å². The van der Waals surface area contributed by atoms with E-state index in [2.05, 4.69) is 45.5 Å². The highest BCUT2D eigenvalue weighted by atomic mass is 16.6. The van der Waals surface area contributed by atoms with Crippen molar-refractivity contribution in [3.05, 3.63) is 51.5 Å². The number of carbonyl (C=O) groups excluding carboxylic acids is 1. The number of nitrogens with zero attached hydrogens (tertiary/aromatic N) is 1. The van der Waals surface area contributed by atoms with Crippen LogP contribution in [0.15, 0.2) is 51.8 Å². The molecule has 3 aliphatic carbocycles. The van der Waals surface area contributed by atoms with Gasteiger partial charge in [-0.3, -0.25) is 0 Å². The summed E-state index contributed by atoms with van der Waals surface area (Å²) in [4.78, 5) is 23.0. The maximum atomic E-state index is 11.6. The van der Waals surface area contributed by atoms with Crippen LogP contribution >= 0.6 is 0 Å². The number of allylic oxidation sites excluding steroid dienone is 4. The maximum absolute atomic E-state index is 11.6. The normalized spacial score (nSPS) is 37.3. The Balaban J connectivity index is 1.34. The lowest BCUT2D eigenvalue weighted by molar-refractivity contribution is -0.151. The Morgan fingerprint density at radius 1 is 1.44 bits per heavy atom. The molecule has 5 nitrogen and oxygen atoms in total. The predicted molar refractivity (Wildman–Crippen MR) is 125 cm³/mol. The molecule has 32 heavy (non-hydrogen) atoms. The third-order valence-corrected chi connectivity index (χ3v) is 8.88. The summed E-state index contributed by atoms with van der Waals surface area (Å²) in [6, 6.07) is -0.400. The van der Waals surface area contributed by atoms with Crippen LogP contribution < -0.4 is 0 Å². The Bertz CT molecular complexity index is 913. The number of carbonyl (C=O) groups is 1. The van der Waals surface area contributed by atoms with Gasteiger partial charge in [-0.25, -0.2) is 4.79 Å². The lowest BCUT2D eigenvalue weighted by Gasteiger charge is -2.29. The molecule has 5 heteroatoms. The highest BCUT2D eigenvalue weighted by molar-refractivity contribution is 5.85. The number of aliphatic hydroxyl groups excluding tert-OH is 1. The van der Waals surface area contributed by atoms with Crippen molar-refractivity contribution in [1.29, 1.82) is 0 Å². The van der Waals surface area contributed by atoms with Gasteiger partial charge in [0, 0.05) is 11.6 Å². The molecule has 4 aliphatic rings. The summed E-state index contributed by atoms with van der Waals surface area (Å²) in [6.07, 6.45) is 8.85. The molecule has 1 heterocycles. The SMILES string of the molecule is C=C(CC(C)CCC1=CCC(C2=CC(=O)OC2O)CC1N=O)C1=C(C)CCC2C(C)C12C. The molecular weight excluding hydrogens is 402 g/mol. The van der Waals surface area contributed by atoms with Crippen LogP contribution in [0.2, 0.25) is 0 Å². The minimum Gasteiger partial charge on any atom is -0.429 e. The second kappa shape index (κ2) is 8.74. The standard InChI is InChI=1S/C27H37NO4/c1-15(12-17(3)25-16(2)7-11-22-18(4)27(22,25)5)6-8-19-9-10-20(13-23(19)28-31)21-14-24(29)32-26(21)30/h9,14-15,18,20,22-23,26,30H,3,6-8,10-13H2,1-2,4-5H3. The van der Waals surface area contributed by atoms with Crippen molar-refractivity contribution in [3.8, 4) is 0 Å². The molecule has 1 N–H and O–H groups in total. The monoisotopic (exact) mass is 439 g/mol. The van der Waals surface area contributed by atoms with Gasteiger partial charge < -0.3 is 9.84 Å². The molecule has 0 bridgehead atoms. The van der Waals surface area contributed by atoms with E-state index in [9.17, 15) is 14.8 Å². The van der Waals surface area contributed by atoms with E-state index in [0.717, 1.165) is 36.7 Å². The summed E-state index contributed by atoms with van der Waals surface area (Å²) < 4.78 is 4.80. The molecule has 174 valence electrons. The van der Waals surface area contributed by atoms with Crippen LogP contribution in [0.3, 0.4) is 0 Å². The van der Waals surface area contributed by atoms with Gasteiger partial charge in [0.2, 0.25) is 6.29 Å². The van der Waals surface area contributed by atoms with E-state index in [1.165, 1.54) is 30.1 Å². The second-order valence-electron chi connectivity index (χ2n) is 10.8. The number of nitroso groups, excluding NO2 is 1. The van der Waals surface area contributed by atoms with E-state index >= 15 is 0 Å². The first-order valence-corrected chi connectivity index (χ1v) is 12.2. The Morgan fingerprint density at radius 3 is 2.84 bits per heavy atom. The number of hydrogen-bond donors (Lipinski definition) is 1. The molecular formula is C27H37NO4. The van der Waals surface area contributed by atoms with Crippen LogP contribution in [0, 0.1) is 34.0 Å². The van der Waals surface area contributed by atoms with Gasteiger partial charge in [-0.2, -0.15) is 4.91 Å². The smallest absolute Gasteiger partial charge is 0.333 e. The number of aliphatic hydroxyl groups is 1. The molecule has 7 unspecified atom stereocenters. The fourth-order valence-corrected chi connectivity index (χ4v) is 6.81. The molecule has 0 amide bonds. The summed E-state index contributed by atoms with van der Waals surface area (Å²) in [5.41, 5.74) is 6.37. The molecule has 0 radical (unpaired) electrons. The van der Waals surface area contributed by atoms with E-state index < -0.39 is 18.3 Å². The van der Waals surface area contributed by atoms with E-state index in [1.807, 2.05) is 0 Å². The van der Waals surface area contributed by atoms with Crippen molar-refractivity contribution in [2.24, 2.45) is 34.3 Å². The number of fused-ring (bicyclic) bond motifs is 1. The van der Waals surface area contributed by atoms with Crippen molar-refractivity contribution in [2.45, 2.75) is 85.0 Å². The highest BCUT2D eigenvalue weighted by Gasteiger charge is 2.61. The van der Waals surface area contributed by atoms with Gasteiger partial charge in [0.25, 0.3) is 0 Å². The minimum absolute atomic E-state index is 0.0736. The summed E-state index contributed by atoms with van der Waals surface area (Å²) in [7, 11) is 0. The summed E-state index contributed by atoms with van der Waals surface area (Å²) in [5, 5.41) is 13.3. The fourth-order valence-electron chi connectivity index (χ4n) is 6.81. The van der Waals surface area contributed by atoms with Gasteiger partial charge in [-0.05, 0) is 92.1 Å². The van der Waals surface area contributed by atoms with Crippen LogP contribution in [-0.2, 0) is 9.53 Å². The Kier molecular flexibility index (Phi) is 6.32. The summed E-state index contributed by atoms with van der Waals surface area (Å²) >= 11 is 0. The van der Waals surface area contributed by atoms with Crippen LogP contribution in [0.25, 0.3) is 0 Å². The largest absolute Gasteiger partial charge is 0.429 e. The van der Waals surface area contributed by atoms with Crippen molar-refractivity contribution < 1.29 is 14.6 Å². The van der Waals surface area contributed by atoms with Crippen LogP contribution in [0.1, 0.15) is 72.6 Å². The average molecular weight is 440 g/mol. The molecule has 1 fully saturated rings. The molecule has 4 rings (SSSR count). The zero-order valence-electron chi connectivity index (χ0n) is 19.9. The number of hydrogen-bond acceptors (Lipinski definition) is 5. The zero-order valence-corrected chi connectivity index (χ0v) is 19.9. The molecule has 0 aromatic heterocycles. The first kappa shape index (κ1) is 23.2. The minimum atomic E-state index is -1.19. The third-order valence-electron chi connectivity index (χ3n) is 8.88. The van der Waals surface area contributed by atoms with Crippen LogP contribution in [0.5, 0.6) is 0 Å². The third kappa shape index (κ3) is 4.05. The summed E-state index contributed by atoms with van der Waals surface area (Å²) in [6.45, 7) is 13.9. The van der Waals surface area contributed by atoms with E-state index in [4.69, 9.17) is 4.74 Å². The van der Waals surface area contributed by atoms with Gasteiger partial charge in [0.1, 0.15) is 6.04 Å². The molecule has 1 saturated carbocycles. The maximum Gasteiger partial charge on any atom is 0.333 e. The van der Waals surface area contributed by atoms with Crippen LogP contribution in [-0.4, -0.2) is 23.4 Å². The lowest BCUT2D eigenvalue weighted by Crippen LogP contribution is -2.24. The second-order valence-corrected chi connectivity index (χ2v) is 10.8. The number of cyclic esters (lactones) is 1. The van der Waals surface area contributed by atoms with Gasteiger partial charge in [-0.1, -0.05) is 49.7 Å². The molecule has 0 saturated heterocycles. The topological polar surface area (TPSA) is 76.0 Å². The lowest BCUT2D eigenvalue weighted by atomic mass is 9.76. The van der Waals surface area contributed by atoms with Gasteiger partial charge in [-0.15, -0.1) is 0 Å². The summed E-state index contributed by atoms with van der Waals surface area (Å²) in [5.74, 6) is 1.47. The molecule has 0 spiro atoms. The van der Waals surface area contributed by atoms with Gasteiger partial charge in [0.15, 0.2) is 0 Å². The highest BCUT2D eigenvalue weighted by Crippen LogP contribution is 2.69. The van der Waals surface area contributed by atoms with E-state index in [0.29, 0.717) is 29.7 Å². The number of esters is 1. The predicted octanol–water partition coefficient (Wildman–Crippen LogP) is 6.00. The Hall–Kier alpha value is -2.01. The quantitative estimate of drug-likeness (QED) is 0.286. The van der Waals surface area contributed by atoms with Gasteiger partial charge >= 0.3 is 5.97 Å². The first-order valence-electron chi connectivity index (χ1n) is 12.2. The zero-order chi connectivity index (χ0) is 23.2. The molecule has 0 aromatic carbocycles.